The molecule has 0 aromatic heterocycles. The molecule has 0 atom stereocenters. The van der Waals surface area contributed by atoms with Crippen LogP contribution in [0.1, 0.15) is 51.9 Å². The number of rotatable bonds is 11. The molecule has 0 aromatic rings. The van der Waals surface area contributed by atoms with Crippen molar-refractivity contribution < 1.29 is 5.11 Å². The molecule has 1 saturated carbocycles. The van der Waals surface area contributed by atoms with Crippen molar-refractivity contribution in [3.8, 4) is 0 Å². The highest BCUT2D eigenvalue weighted by Crippen LogP contribution is 2.29. The SMILES string of the molecule is C=C(/C=C\CCO)N1CC(CN(CCCCC)C2CCC2)C1. The molecule has 1 aliphatic carbocycles. The molecule has 2 fully saturated rings. The minimum Gasteiger partial charge on any atom is -0.396 e. The lowest BCUT2D eigenvalue weighted by Gasteiger charge is -2.46. The van der Waals surface area contributed by atoms with Crippen LogP contribution >= 0.6 is 0 Å². The number of aliphatic hydroxyl groups excluding tert-OH is 1. The van der Waals surface area contributed by atoms with Crippen molar-refractivity contribution in [2.75, 3.05) is 32.8 Å². The van der Waals surface area contributed by atoms with Crippen LogP contribution < -0.4 is 0 Å². The number of likely N-dealkylation sites (tertiary alicyclic amines) is 1. The summed E-state index contributed by atoms with van der Waals surface area (Å²) in [4.78, 5) is 5.13. The smallest absolute Gasteiger partial charge is 0.0465 e. The maximum atomic E-state index is 8.80. The number of hydrogen-bond donors (Lipinski definition) is 1. The molecule has 3 heteroatoms. The fourth-order valence-electron chi connectivity index (χ4n) is 3.39. The lowest BCUT2D eigenvalue weighted by atomic mass is 9.89. The third-order valence-corrected chi connectivity index (χ3v) is 5.10. The Morgan fingerprint density at radius 3 is 2.68 bits per heavy atom. The second kappa shape index (κ2) is 9.36. The van der Waals surface area contributed by atoms with Gasteiger partial charge in [0, 0.05) is 43.9 Å². The first-order valence-electron chi connectivity index (χ1n) is 9.20. The van der Waals surface area contributed by atoms with E-state index in [1.165, 1.54) is 51.6 Å². The van der Waals surface area contributed by atoms with Crippen molar-refractivity contribution in [1.29, 1.82) is 0 Å². The second-order valence-corrected chi connectivity index (χ2v) is 6.96. The summed E-state index contributed by atoms with van der Waals surface area (Å²) in [5.41, 5.74) is 1.10. The lowest BCUT2D eigenvalue weighted by molar-refractivity contribution is 0.0533. The Labute approximate surface area is 136 Å². The number of aliphatic hydroxyl groups is 1. The summed E-state index contributed by atoms with van der Waals surface area (Å²) in [6.07, 6.45) is 13.1. The zero-order chi connectivity index (χ0) is 15.8. The van der Waals surface area contributed by atoms with Gasteiger partial charge in [-0.3, -0.25) is 4.90 Å². The summed E-state index contributed by atoms with van der Waals surface area (Å²) >= 11 is 0. The molecule has 0 radical (unpaired) electrons. The number of allylic oxidation sites excluding steroid dienone is 1. The molecule has 0 bridgehead atoms. The molecule has 1 heterocycles. The summed E-state index contributed by atoms with van der Waals surface area (Å²) in [5.74, 6) is 0.810. The van der Waals surface area contributed by atoms with E-state index in [9.17, 15) is 0 Å². The molecule has 2 aliphatic rings. The zero-order valence-corrected chi connectivity index (χ0v) is 14.3. The minimum absolute atomic E-state index is 0.223. The van der Waals surface area contributed by atoms with E-state index in [0.717, 1.165) is 37.2 Å². The van der Waals surface area contributed by atoms with Crippen LogP contribution in [0.4, 0.5) is 0 Å². The maximum Gasteiger partial charge on any atom is 0.0465 e. The van der Waals surface area contributed by atoms with Gasteiger partial charge in [0.1, 0.15) is 0 Å². The predicted molar refractivity (Wildman–Crippen MR) is 93.8 cm³/mol. The Morgan fingerprint density at radius 2 is 2.09 bits per heavy atom. The van der Waals surface area contributed by atoms with Crippen molar-refractivity contribution in [1.82, 2.24) is 9.80 Å². The van der Waals surface area contributed by atoms with Crippen LogP contribution in [0.3, 0.4) is 0 Å². The Balaban J connectivity index is 1.68. The van der Waals surface area contributed by atoms with E-state index in [1.807, 2.05) is 6.08 Å². The zero-order valence-electron chi connectivity index (χ0n) is 14.3. The number of unbranched alkanes of at least 4 members (excludes halogenated alkanes) is 2. The van der Waals surface area contributed by atoms with E-state index in [4.69, 9.17) is 5.11 Å². The van der Waals surface area contributed by atoms with Crippen LogP contribution in [-0.2, 0) is 0 Å². The average molecular weight is 306 g/mol. The standard InChI is InChI=1S/C19H34N2O/c1-3-4-6-12-20(19-10-8-11-19)14-18-15-21(16-18)17(2)9-5-7-13-22/h5,9,18-19,22H,2-4,6-8,10-16H2,1H3/b9-5-. The molecule has 0 aromatic carbocycles. The van der Waals surface area contributed by atoms with Crippen LogP contribution in [0.2, 0.25) is 0 Å². The molecular weight excluding hydrogens is 272 g/mol. The van der Waals surface area contributed by atoms with E-state index < -0.39 is 0 Å². The maximum absolute atomic E-state index is 8.80. The van der Waals surface area contributed by atoms with Gasteiger partial charge in [0.25, 0.3) is 0 Å². The van der Waals surface area contributed by atoms with Gasteiger partial charge < -0.3 is 10.0 Å². The van der Waals surface area contributed by atoms with E-state index in [2.05, 4.69) is 29.4 Å². The highest BCUT2D eigenvalue weighted by atomic mass is 16.2. The Bertz CT molecular complexity index is 356. The van der Waals surface area contributed by atoms with Crippen LogP contribution in [0.25, 0.3) is 0 Å². The Morgan fingerprint density at radius 1 is 1.32 bits per heavy atom. The largest absolute Gasteiger partial charge is 0.396 e. The Hall–Kier alpha value is -0.800. The molecule has 0 spiro atoms. The van der Waals surface area contributed by atoms with Gasteiger partial charge in [0.15, 0.2) is 0 Å². The number of nitrogens with zero attached hydrogens (tertiary/aromatic N) is 2. The summed E-state index contributed by atoms with van der Waals surface area (Å²) in [6.45, 7) is 11.5. The van der Waals surface area contributed by atoms with Crippen molar-refractivity contribution in [3.63, 3.8) is 0 Å². The normalized spacial score (nSPS) is 19.7. The molecule has 22 heavy (non-hydrogen) atoms. The molecule has 2 rings (SSSR count). The average Bonchev–Trinajstić information content (AvgIpc) is 2.40. The topological polar surface area (TPSA) is 26.7 Å². The van der Waals surface area contributed by atoms with Gasteiger partial charge in [0.2, 0.25) is 0 Å². The third kappa shape index (κ3) is 5.13. The van der Waals surface area contributed by atoms with Gasteiger partial charge in [-0.1, -0.05) is 38.8 Å². The minimum atomic E-state index is 0.223. The number of hydrogen-bond acceptors (Lipinski definition) is 3. The summed E-state index contributed by atoms with van der Waals surface area (Å²) in [7, 11) is 0. The molecule has 1 N–H and O–H groups in total. The lowest BCUT2D eigenvalue weighted by Crippen LogP contribution is -2.53. The van der Waals surface area contributed by atoms with Gasteiger partial charge in [-0.05, 0) is 38.3 Å². The molecule has 0 unspecified atom stereocenters. The molecule has 1 saturated heterocycles. The summed E-state index contributed by atoms with van der Waals surface area (Å²) < 4.78 is 0. The highest BCUT2D eigenvalue weighted by Gasteiger charge is 2.32. The highest BCUT2D eigenvalue weighted by molar-refractivity contribution is 5.16. The van der Waals surface area contributed by atoms with Crippen molar-refractivity contribution >= 4 is 0 Å². The van der Waals surface area contributed by atoms with Gasteiger partial charge in [-0.2, -0.15) is 0 Å². The van der Waals surface area contributed by atoms with Crippen molar-refractivity contribution in [2.45, 2.75) is 57.9 Å². The fourth-order valence-corrected chi connectivity index (χ4v) is 3.39. The summed E-state index contributed by atoms with van der Waals surface area (Å²) in [6, 6.07) is 0.874. The quantitative estimate of drug-likeness (QED) is 0.468. The first-order chi connectivity index (χ1) is 10.7. The molecule has 3 nitrogen and oxygen atoms in total. The van der Waals surface area contributed by atoms with Gasteiger partial charge in [-0.25, -0.2) is 0 Å². The summed E-state index contributed by atoms with van der Waals surface area (Å²) in [5, 5.41) is 8.80. The van der Waals surface area contributed by atoms with E-state index in [0.29, 0.717) is 0 Å². The predicted octanol–water partition coefficient (Wildman–Crippen LogP) is 3.42. The first kappa shape index (κ1) is 17.6. The Kier molecular flexibility index (Phi) is 7.47. The van der Waals surface area contributed by atoms with Crippen molar-refractivity contribution in [2.24, 2.45) is 5.92 Å². The fraction of sp³-hybridized carbons (Fsp3) is 0.789. The van der Waals surface area contributed by atoms with E-state index in [1.54, 1.807) is 0 Å². The van der Waals surface area contributed by atoms with Crippen LogP contribution in [0.15, 0.2) is 24.4 Å². The molecule has 0 amide bonds. The van der Waals surface area contributed by atoms with Crippen LogP contribution in [0, 0.1) is 5.92 Å². The third-order valence-electron chi connectivity index (χ3n) is 5.10. The van der Waals surface area contributed by atoms with Gasteiger partial charge in [0.05, 0.1) is 0 Å². The second-order valence-electron chi connectivity index (χ2n) is 6.96. The van der Waals surface area contributed by atoms with Crippen LogP contribution in [0.5, 0.6) is 0 Å². The van der Waals surface area contributed by atoms with E-state index in [-0.39, 0.29) is 6.61 Å². The van der Waals surface area contributed by atoms with Gasteiger partial charge in [-0.15, -0.1) is 0 Å². The molecular formula is C19H34N2O. The van der Waals surface area contributed by atoms with Gasteiger partial charge >= 0.3 is 0 Å². The molecule has 1 aliphatic heterocycles. The molecule has 126 valence electrons. The van der Waals surface area contributed by atoms with Crippen molar-refractivity contribution in [3.05, 3.63) is 24.4 Å². The first-order valence-corrected chi connectivity index (χ1v) is 9.20. The monoisotopic (exact) mass is 306 g/mol. The van der Waals surface area contributed by atoms with Crippen LogP contribution in [-0.4, -0.2) is 53.7 Å². The van der Waals surface area contributed by atoms with E-state index >= 15 is 0 Å².